The zero-order valence-corrected chi connectivity index (χ0v) is 53.9. The third-order valence-corrected chi connectivity index (χ3v) is 28.1. The van der Waals surface area contributed by atoms with E-state index in [0.717, 1.165) is 90.8 Å². The predicted molar refractivity (Wildman–Crippen MR) is 365 cm³/mol. The Morgan fingerprint density at radius 1 is 0.231 bits per heavy atom. The molecule has 7 saturated heterocycles. The Kier molecular flexibility index (Phi) is 10.3. The highest BCUT2D eigenvalue weighted by molar-refractivity contribution is 5.86. The van der Waals surface area contributed by atoms with Gasteiger partial charge in [-0.05, 0) is 173 Å². The van der Waals surface area contributed by atoms with Gasteiger partial charge in [0.05, 0.1) is 70.2 Å². The van der Waals surface area contributed by atoms with E-state index in [1.54, 1.807) is 0 Å². The molecule has 0 saturated carbocycles. The second-order valence-corrected chi connectivity index (χ2v) is 31.0. The highest BCUT2D eigenvalue weighted by atomic mass is 15.4. The van der Waals surface area contributed by atoms with E-state index in [1.807, 2.05) is 0 Å². The van der Waals surface area contributed by atoms with E-state index in [4.69, 9.17) is 0 Å². The van der Waals surface area contributed by atoms with Crippen molar-refractivity contribution in [3.8, 4) is 0 Å². The van der Waals surface area contributed by atoms with Gasteiger partial charge in [-0.3, -0.25) is 34.3 Å². The molecule has 0 bridgehead atoms. The minimum Gasteiger partial charge on any atom is -0.369 e. The molecular weight excluding hydrogens is 1120 g/mol. The number of likely N-dealkylation sites (N-methyl/N-ethyl adjacent to an activating group) is 7. The van der Waals surface area contributed by atoms with Crippen molar-refractivity contribution in [3.63, 3.8) is 0 Å². The van der Waals surface area contributed by atoms with Crippen molar-refractivity contribution in [1.29, 1.82) is 0 Å². The second kappa shape index (κ2) is 17.6. The minimum absolute atomic E-state index is 0.0813. The standard InChI is InChI=1S/C77H86N14/c1-85-38-31-71(45-17-8-10-29-57(45)78-64(71)85)47-19-12-20-48-59(47)80-65-72(48,32-39-86(65)2)49-21-13-22-50-60(49)81-66-73(50,33-40-87(66)3)51-23-14-24-52-61(51)82-67-74(52,34-41-88(67)4)53-25-15-26-54-62(53)83-68-75(54,35-42-89(68)5)55-27-16-28-56-63(55)84-70-77(56,37-44-91(70)7)76-36-43-90(6)69(76)79-58-30-11-9-18-46(58)76/h8-30,64-70,78-84H,31-44H2,1-7H3. The largest absolute Gasteiger partial charge is 0.369 e. The average molecular weight is 1210 g/mol. The summed E-state index contributed by atoms with van der Waals surface area (Å²) in [6.07, 6.45) is 8.53. The third kappa shape index (κ3) is 5.79. The van der Waals surface area contributed by atoms with Crippen LogP contribution in [0.1, 0.15) is 112 Å². The molecule has 14 aliphatic rings. The van der Waals surface area contributed by atoms with Gasteiger partial charge in [-0.2, -0.15) is 0 Å². The van der Waals surface area contributed by atoms with Gasteiger partial charge in [0.15, 0.2) is 0 Å². The van der Waals surface area contributed by atoms with Crippen molar-refractivity contribution in [3.05, 3.63) is 206 Å². The fraction of sp³-hybridized carbons (Fsp3) is 0.455. The van der Waals surface area contributed by atoms with Crippen LogP contribution in [0.25, 0.3) is 0 Å². The summed E-state index contributed by atoms with van der Waals surface area (Å²) in [4.78, 5) is 18.3. The Hall–Kier alpha value is -7.14. The van der Waals surface area contributed by atoms with Crippen molar-refractivity contribution >= 4 is 39.8 Å². The summed E-state index contributed by atoms with van der Waals surface area (Å²) in [6, 6.07) is 55.8. The van der Waals surface area contributed by atoms with Gasteiger partial charge in [-0.1, -0.05) is 127 Å². The zero-order valence-electron chi connectivity index (χ0n) is 53.9. The smallest absolute Gasteiger partial charge is 0.0933 e. The van der Waals surface area contributed by atoms with E-state index >= 15 is 0 Å². The molecule has 14 heterocycles. The number of benzene rings is 7. The van der Waals surface area contributed by atoms with E-state index in [1.165, 1.54) is 107 Å². The van der Waals surface area contributed by atoms with Gasteiger partial charge in [0, 0.05) is 96.5 Å². The van der Waals surface area contributed by atoms with E-state index in [0.29, 0.717) is 0 Å². The topological polar surface area (TPSA) is 107 Å². The Morgan fingerprint density at radius 3 is 0.824 bits per heavy atom. The highest BCUT2D eigenvalue weighted by Gasteiger charge is 2.73. The lowest BCUT2D eigenvalue weighted by molar-refractivity contribution is 0.147. The molecule has 14 unspecified atom stereocenters. The van der Waals surface area contributed by atoms with Crippen LogP contribution in [0, 0.1) is 0 Å². The van der Waals surface area contributed by atoms with Crippen LogP contribution < -0.4 is 37.2 Å². The molecule has 0 radical (unpaired) electrons. The first-order valence-electron chi connectivity index (χ1n) is 34.5. The monoisotopic (exact) mass is 1210 g/mol. The van der Waals surface area contributed by atoms with E-state index in [2.05, 4.69) is 260 Å². The molecule has 21 rings (SSSR count). The second-order valence-electron chi connectivity index (χ2n) is 31.0. The fourth-order valence-corrected chi connectivity index (χ4v) is 24.4. The molecular formula is C77H86N14. The van der Waals surface area contributed by atoms with E-state index < -0.39 is 0 Å². The first kappa shape index (κ1) is 53.4. The summed E-state index contributed by atoms with van der Waals surface area (Å²) in [5, 5.41) is 30.3. The molecule has 14 atom stereocenters. The van der Waals surface area contributed by atoms with Crippen LogP contribution in [-0.2, 0) is 37.9 Å². The molecule has 14 nitrogen and oxygen atoms in total. The van der Waals surface area contributed by atoms with Gasteiger partial charge in [-0.15, -0.1) is 0 Å². The van der Waals surface area contributed by atoms with Crippen LogP contribution in [0.5, 0.6) is 0 Å². The van der Waals surface area contributed by atoms with Crippen molar-refractivity contribution in [2.24, 2.45) is 0 Å². The van der Waals surface area contributed by atoms with E-state index in [9.17, 15) is 0 Å². The first-order chi connectivity index (χ1) is 44.4. The normalized spacial score (nSPS) is 38.2. The summed E-state index contributed by atoms with van der Waals surface area (Å²) in [5.41, 5.74) is 25.4. The maximum atomic E-state index is 4.47. The molecule has 464 valence electrons. The summed E-state index contributed by atoms with van der Waals surface area (Å²) in [7, 11) is 16.5. The molecule has 0 spiro atoms. The van der Waals surface area contributed by atoms with Crippen LogP contribution in [0.15, 0.2) is 140 Å². The molecule has 7 aromatic rings. The Morgan fingerprint density at radius 2 is 0.451 bits per heavy atom. The van der Waals surface area contributed by atoms with Crippen molar-refractivity contribution in [1.82, 2.24) is 34.3 Å². The van der Waals surface area contributed by atoms with Crippen LogP contribution in [0.4, 0.5) is 39.8 Å². The predicted octanol–water partition coefficient (Wildman–Crippen LogP) is 9.90. The third-order valence-electron chi connectivity index (χ3n) is 28.1. The number of para-hydroxylation sites is 7. The Bertz CT molecular complexity index is 4340. The quantitative estimate of drug-likeness (QED) is 0.0860. The molecule has 14 aliphatic heterocycles. The SMILES string of the molecule is CN1CCC2(c3cccc4c3NC3N(C)CCC43c3cccc4c3NC3N(C)CCC43c3cccc4c3NC3N(C)CCC43c3cccc4c3NC3N(C)CCC43c3cccc4c3NC3N(C)CCC43C34CCN(C)C3Nc3ccccc34)c3ccccc3NC12. The van der Waals surface area contributed by atoms with Crippen molar-refractivity contribution in [2.75, 3.05) is 132 Å². The summed E-state index contributed by atoms with van der Waals surface area (Å²) in [6.45, 7) is 7.30. The van der Waals surface area contributed by atoms with Gasteiger partial charge in [0.25, 0.3) is 0 Å². The molecule has 0 amide bonds. The van der Waals surface area contributed by atoms with Gasteiger partial charge in [0.1, 0.15) is 0 Å². The van der Waals surface area contributed by atoms with Gasteiger partial charge in [0.2, 0.25) is 0 Å². The number of nitrogens with one attached hydrogen (secondary N) is 7. The molecule has 7 N–H and O–H groups in total. The molecule has 7 aromatic carbocycles. The first-order valence-corrected chi connectivity index (χ1v) is 34.5. The number of nitrogens with zero attached hydrogens (tertiary/aromatic N) is 7. The van der Waals surface area contributed by atoms with Gasteiger partial charge in [-0.25, -0.2) is 0 Å². The van der Waals surface area contributed by atoms with Gasteiger partial charge < -0.3 is 37.2 Å². The summed E-state index contributed by atoms with van der Waals surface area (Å²) in [5.74, 6) is 0. The summed E-state index contributed by atoms with van der Waals surface area (Å²) >= 11 is 0. The minimum atomic E-state index is -0.296. The lowest BCUT2D eigenvalue weighted by atomic mass is 9.54. The van der Waals surface area contributed by atoms with Crippen molar-refractivity contribution < 1.29 is 0 Å². The molecule has 0 aromatic heterocycles. The fourth-order valence-electron chi connectivity index (χ4n) is 24.4. The van der Waals surface area contributed by atoms with Crippen LogP contribution in [0.2, 0.25) is 0 Å². The molecule has 0 aliphatic carbocycles. The van der Waals surface area contributed by atoms with E-state index in [-0.39, 0.29) is 81.1 Å². The molecule has 14 heteroatoms. The van der Waals surface area contributed by atoms with Crippen molar-refractivity contribution in [2.45, 2.75) is 126 Å². The van der Waals surface area contributed by atoms with Crippen LogP contribution in [0.3, 0.4) is 0 Å². The lowest BCUT2D eigenvalue weighted by Gasteiger charge is -2.48. The lowest BCUT2D eigenvalue weighted by Crippen LogP contribution is -2.60. The molecule has 91 heavy (non-hydrogen) atoms. The maximum absolute atomic E-state index is 4.47. The Labute approximate surface area is 536 Å². The number of anilines is 7. The summed E-state index contributed by atoms with van der Waals surface area (Å²) < 4.78 is 0. The highest BCUT2D eigenvalue weighted by Crippen LogP contribution is 2.70. The number of rotatable bonds is 6. The zero-order chi connectivity index (χ0) is 60.7. The number of hydrogen-bond acceptors (Lipinski definition) is 14. The van der Waals surface area contributed by atoms with Crippen LogP contribution in [-0.4, -0.2) is 173 Å². The van der Waals surface area contributed by atoms with Gasteiger partial charge >= 0.3 is 0 Å². The number of likely N-dealkylation sites (tertiary alicyclic amines) is 7. The van der Waals surface area contributed by atoms with Crippen LogP contribution >= 0.6 is 0 Å². The Balaban J connectivity index is 0.704. The number of hydrogen-bond donors (Lipinski definition) is 7. The molecule has 7 fully saturated rings. The maximum Gasteiger partial charge on any atom is 0.0933 e. The average Bonchev–Trinajstić information content (AvgIpc) is 1.51. The number of fused-ring (bicyclic) bond motifs is 22.